The molecule has 2 aliphatic rings. The topological polar surface area (TPSA) is 131 Å². The number of carbonyl (C=O) groups is 2. The normalized spacial score (nSPS) is 26.1. The fraction of sp³-hybridized carbons (Fsp3) is 0.394. The number of ether oxygens (including phenoxy) is 7. The van der Waals surface area contributed by atoms with E-state index in [4.69, 9.17) is 33.2 Å². The minimum Gasteiger partial charge on any atom is -0.467 e. The summed E-state index contributed by atoms with van der Waals surface area (Å²) in [7, 11) is 1.20. The van der Waals surface area contributed by atoms with E-state index in [9.17, 15) is 14.7 Å². The molecule has 2 N–H and O–H groups in total. The van der Waals surface area contributed by atoms with E-state index in [0.717, 1.165) is 16.7 Å². The number of alkyl carbamates (subject to hydrolysis) is 1. The first-order chi connectivity index (χ1) is 21.4. The number of nitrogens with one attached hydrogen (secondary N) is 1. The maximum atomic E-state index is 12.7. The van der Waals surface area contributed by atoms with Crippen LogP contribution < -0.4 is 5.32 Å². The van der Waals surface area contributed by atoms with Crippen LogP contribution in [0.2, 0.25) is 0 Å². The Bertz CT molecular complexity index is 1330. The Hall–Kier alpha value is -3.84. The molecule has 8 atom stereocenters. The number of aliphatic hydroxyl groups excluding tert-OH is 1. The monoisotopic (exact) mass is 607 g/mol. The van der Waals surface area contributed by atoms with E-state index in [-0.39, 0.29) is 19.8 Å². The van der Waals surface area contributed by atoms with Crippen molar-refractivity contribution in [3.63, 3.8) is 0 Å². The van der Waals surface area contributed by atoms with Crippen molar-refractivity contribution < 1.29 is 47.9 Å². The van der Waals surface area contributed by atoms with Crippen molar-refractivity contribution in [2.75, 3.05) is 13.7 Å². The number of carbonyl (C=O) groups excluding carboxylic acids is 2. The van der Waals surface area contributed by atoms with Crippen LogP contribution in [0.15, 0.2) is 91.0 Å². The highest BCUT2D eigenvalue weighted by Gasteiger charge is 2.51. The average Bonchev–Trinajstić information content (AvgIpc) is 3.07. The number of esters is 1. The van der Waals surface area contributed by atoms with Gasteiger partial charge in [0.1, 0.15) is 31.0 Å². The second-order valence-corrected chi connectivity index (χ2v) is 10.5. The number of amides is 1. The first kappa shape index (κ1) is 31.6. The third-order valence-corrected chi connectivity index (χ3v) is 7.43. The Balaban J connectivity index is 1.29. The molecule has 44 heavy (non-hydrogen) atoms. The number of hydrogen-bond donors (Lipinski definition) is 2. The van der Waals surface area contributed by atoms with Gasteiger partial charge in [0.05, 0.1) is 26.4 Å². The zero-order valence-corrected chi connectivity index (χ0v) is 24.5. The van der Waals surface area contributed by atoms with Crippen molar-refractivity contribution in [2.45, 2.75) is 69.3 Å². The molecule has 11 heteroatoms. The third-order valence-electron chi connectivity index (χ3n) is 7.43. The van der Waals surface area contributed by atoms with E-state index in [1.165, 1.54) is 7.11 Å². The summed E-state index contributed by atoms with van der Waals surface area (Å²) in [5.41, 5.74) is 2.46. The Morgan fingerprint density at radius 3 is 2.16 bits per heavy atom. The van der Waals surface area contributed by atoms with E-state index in [1.807, 2.05) is 91.0 Å². The van der Waals surface area contributed by atoms with Crippen molar-refractivity contribution in [3.8, 4) is 0 Å². The van der Waals surface area contributed by atoms with Gasteiger partial charge in [0.25, 0.3) is 0 Å². The molecule has 2 saturated heterocycles. The van der Waals surface area contributed by atoms with Gasteiger partial charge >= 0.3 is 12.1 Å². The predicted molar refractivity (Wildman–Crippen MR) is 156 cm³/mol. The van der Waals surface area contributed by atoms with Crippen LogP contribution in [0.4, 0.5) is 4.79 Å². The number of benzene rings is 3. The second-order valence-electron chi connectivity index (χ2n) is 10.5. The minimum atomic E-state index is -1.25. The lowest BCUT2D eigenvalue weighted by molar-refractivity contribution is -0.371. The number of rotatable bonds is 11. The molecule has 0 radical (unpaired) electrons. The summed E-state index contributed by atoms with van der Waals surface area (Å²) in [6.45, 7) is 1.86. The van der Waals surface area contributed by atoms with Crippen LogP contribution in [0.3, 0.4) is 0 Å². The van der Waals surface area contributed by atoms with Gasteiger partial charge in [-0.1, -0.05) is 91.0 Å². The number of fused-ring (bicyclic) bond motifs is 1. The van der Waals surface area contributed by atoms with Crippen molar-refractivity contribution in [3.05, 3.63) is 108 Å². The quantitative estimate of drug-likeness (QED) is 0.312. The molecule has 0 aromatic heterocycles. The van der Waals surface area contributed by atoms with Gasteiger partial charge in [0.15, 0.2) is 18.6 Å². The highest BCUT2D eigenvalue weighted by molar-refractivity contribution is 5.81. The Morgan fingerprint density at radius 1 is 0.909 bits per heavy atom. The van der Waals surface area contributed by atoms with Crippen molar-refractivity contribution >= 4 is 12.1 Å². The molecule has 3 aromatic rings. The van der Waals surface area contributed by atoms with E-state index >= 15 is 0 Å². The molecule has 0 unspecified atom stereocenters. The van der Waals surface area contributed by atoms with Gasteiger partial charge in [-0.2, -0.15) is 0 Å². The molecule has 0 spiro atoms. The van der Waals surface area contributed by atoms with Gasteiger partial charge in [0, 0.05) is 5.56 Å². The van der Waals surface area contributed by atoms with E-state index in [1.54, 1.807) is 6.92 Å². The fourth-order valence-electron chi connectivity index (χ4n) is 5.08. The minimum absolute atomic E-state index is 0.0101. The zero-order valence-electron chi connectivity index (χ0n) is 24.5. The molecule has 2 fully saturated rings. The zero-order chi connectivity index (χ0) is 30.9. The first-order valence-corrected chi connectivity index (χ1v) is 14.4. The van der Waals surface area contributed by atoms with Crippen LogP contribution in [0.25, 0.3) is 0 Å². The molecule has 5 rings (SSSR count). The van der Waals surface area contributed by atoms with Gasteiger partial charge in [-0.25, -0.2) is 9.59 Å². The first-order valence-electron chi connectivity index (χ1n) is 14.4. The number of aliphatic hydroxyl groups is 1. The fourth-order valence-corrected chi connectivity index (χ4v) is 5.08. The van der Waals surface area contributed by atoms with E-state index < -0.39 is 61.2 Å². The Kier molecular flexibility index (Phi) is 10.9. The molecule has 0 aliphatic carbocycles. The van der Waals surface area contributed by atoms with Crippen LogP contribution in [0.1, 0.15) is 29.9 Å². The molecule has 234 valence electrons. The molecule has 2 aliphatic heterocycles. The largest absolute Gasteiger partial charge is 0.467 e. The Labute approximate surface area is 255 Å². The van der Waals surface area contributed by atoms with Gasteiger partial charge in [0.2, 0.25) is 0 Å². The molecule has 0 bridgehead atoms. The average molecular weight is 608 g/mol. The lowest BCUT2D eigenvalue weighted by Gasteiger charge is -2.48. The Morgan fingerprint density at radius 2 is 1.52 bits per heavy atom. The van der Waals surface area contributed by atoms with Crippen LogP contribution in [0, 0.1) is 0 Å². The van der Waals surface area contributed by atoms with Crippen molar-refractivity contribution in [1.82, 2.24) is 5.32 Å². The van der Waals surface area contributed by atoms with Crippen molar-refractivity contribution in [2.24, 2.45) is 0 Å². The summed E-state index contributed by atoms with van der Waals surface area (Å²) in [6, 6.07) is 26.7. The van der Waals surface area contributed by atoms with Gasteiger partial charge in [-0.15, -0.1) is 0 Å². The van der Waals surface area contributed by atoms with E-state index in [0.29, 0.717) is 0 Å². The van der Waals surface area contributed by atoms with Crippen LogP contribution in [0.5, 0.6) is 0 Å². The van der Waals surface area contributed by atoms with Crippen LogP contribution in [-0.4, -0.2) is 73.7 Å². The molecule has 1 amide bonds. The molecule has 2 heterocycles. The standard InChI is InChI=1S/C33H37NO10/c1-21(26(30(36)38-2)34-33(37)41-19-23-14-8-4-9-15-23)42-32-29(39-18-22-12-6-3-7-13-22)27(35)28-25(43-32)20-40-31(44-28)24-16-10-5-11-17-24/h3-17,21,25-29,31-32,35H,18-20H2,1-2H3,(H,34,37)/t21-,25-,26+,27+,28-,29+,31-,32-/m1/s1. The molecule has 11 nitrogen and oxygen atoms in total. The summed E-state index contributed by atoms with van der Waals surface area (Å²) in [5, 5.41) is 14.1. The van der Waals surface area contributed by atoms with Gasteiger partial charge < -0.3 is 43.6 Å². The molecule has 3 aromatic carbocycles. The SMILES string of the molecule is COC(=O)[C@@H](NC(=O)OCc1ccccc1)[C@@H](C)O[C@@H]1O[C@@H]2CO[C@@H](c3ccccc3)O[C@H]2[C@H](O)[C@@H]1OCc1ccccc1. The summed E-state index contributed by atoms with van der Waals surface area (Å²) in [4.78, 5) is 25.4. The number of hydrogen-bond acceptors (Lipinski definition) is 10. The molecular formula is C33H37NO10. The second kappa shape index (κ2) is 15.2. The van der Waals surface area contributed by atoms with Crippen LogP contribution in [-0.2, 0) is 51.2 Å². The third kappa shape index (κ3) is 8.00. The lowest BCUT2D eigenvalue weighted by Crippen LogP contribution is -2.64. The summed E-state index contributed by atoms with van der Waals surface area (Å²) in [6.07, 6.45) is -7.34. The molecular weight excluding hydrogens is 570 g/mol. The summed E-state index contributed by atoms with van der Waals surface area (Å²) < 4.78 is 40.9. The smallest absolute Gasteiger partial charge is 0.408 e. The van der Waals surface area contributed by atoms with E-state index in [2.05, 4.69) is 5.32 Å². The molecule has 0 saturated carbocycles. The lowest BCUT2D eigenvalue weighted by atomic mass is 9.97. The maximum absolute atomic E-state index is 12.7. The number of methoxy groups -OCH3 is 1. The van der Waals surface area contributed by atoms with Gasteiger partial charge in [-0.05, 0) is 18.1 Å². The van der Waals surface area contributed by atoms with Crippen LogP contribution >= 0.6 is 0 Å². The summed E-state index contributed by atoms with van der Waals surface area (Å²) in [5.74, 6) is -0.750. The highest BCUT2D eigenvalue weighted by Crippen LogP contribution is 2.36. The predicted octanol–water partition coefficient (Wildman–Crippen LogP) is 3.64. The maximum Gasteiger partial charge on any atom is 0.408 e. The van der Waals surface area contributed by atoms with Crippen molar-refractivity contribution in [1.29, 1.82) is 0 Å². The highest BCUT2D eigenvalue weighted by atomic mass is 16.8. The van der Waals surface area contributed by atoms with Gasteiger partial charge in [-0.3, -0.25) is 0 Å². The summed E-state index contributed by atoms with van der Waals surface area (Å²) >= 11 is 0.